The Morgan fingerprint density at radius 2 is 2.12 bits per heavy atom. The van der Waals surface area contributed by atoms with Crippen LogP contribution in [-0.4, -0.2) is 20.9 Å². The van der Waals surface area contributed by atoms with Gasteiger partial charge in [-0.3, -0.25) is 14.7 Å². The topological polar surface area (TPSA) is 92.2 Å². The van der Waals surface area contributed by atoms with Crippen molar-refractivity contribution in [1.82, 2.24) is 9.78 Å². The van der Waals surface area contributed by atoms with Crippen molar-refractivity contribution >= 4 is 5.97 Å². The first kappa shape index (κ1) is 10.7. The zero-order valence-electron chi connectivity index (χ0n) is 8.77. The molecule has 1 aliphatic carbocycles. The van der Waals surface area contributed by atoms with Crippen molar-refractivity contribution in [3.8, 4) is 0 Å². The molecule has 0 radical (unpaired) electrons. The first-order chi connectivity index (χ1) is 7.46. The van der Waals surface area contributed by atoms with Gasteiger partial charge in [-0.25, -0.2) is 9.48 Å². The van der Waals surface area contributed by atoms with Gasteiger partial charge < -0.3 is 5.11 Å². The summed E-state index contributed by atoms with van der Waals surface area (Å²) in [5, 5.41) is 11.5. The van der Waals surface area contributed by atoms with Crippen LogP contribution >= 0.6 is 0 Å². The van der Waals surface area contributed by atoms with E-state index in [1.54, 1.807) is 0 Å². The van der Waals surface area contributed by atoms with Gasteiger partial charge in [-0.1, -0.05) is 0 Å². The summed E-state index contributed by atoms with van der Waals surface area (Å²) in [5.41, 5.74) is -2.33. The second-order valence-corrected chi connectivity index (χ2v) is 4.21. The number of carboxylic acid groups (broad SMARTS) is 1. The minimum Gasteiger partial charge on any atom is -0.479 e. The third kappa shape index (κ3) is 1.46. The zero-order valence-corrected chi connectivity index (χ0v) is 8.77. The summed E-state index contributed by atoms with van der Waals surface area (Å²) in [6.07, 6.45) is 1.51. The summed E-state index contributed by atoms with van der Waals surface area (Å²) in [7, 11) is 0. The van der Waals surface area contributed by atoms with E-state index >= 15 is 0 Å². The van der Waals surface area contributed by atoms with Gasteiger partial charge in [0.15, 0.2) is 5.54 Å². The van der Waals surface area contributed by atoms with Gasteiger partial charge in [0.05, 0.1) is 0 Å². The molecule has 1 heterocycles. The van der Waals surface area contributed by atoms with Crippen LogP contribution in [0.2, 0.25) is 0 Å². The number of hydrogen-bond donors (Lipinski definition) is 2. The molecule has 0 bridgehead atoms. The Morgan fingerprint density at radius 3 is 2.62 bits per heavy atom. The molecule has 1 unspecified atom stereocenters. The summed E-state index contributed by atoms with van der Waals surface area (Å²) in [5.74, 6) is -1.19. The fourth-order valence-corrected chi connectivity index (χ4v) is 1.87. The van der Waals surface area contributed by atoms with Gasteiger partial charge in [0.1, 0.15) is 0 Å². The minimum absolute atomic E-state index is 0.0965. The maximum atomic E-state index is 11.6. The summed E-state index contributed by atoms with van der Waals surface area (Å²) < 4.78 is 0.926. The Morgan fingerprint density at radius 1 is 1.50 bits per heavy atom. The van der Waals surface area contributed by atoms with E-state index in [-0.39, 0.29) is 5.92 Å². The Hall–Kier alpha value is -1.85. The molecule has 6 heteroatoms. The van der Waals surface area contributed by atoms with E-state index in [0.29, 0.717) is 0 Å². The lowest BCUT2D eigenvalue weighted by molar-refractivity contribution is -0.148. The molecule has 0 aliphatic heterocycles. The molecule has 1 saturated carbocycles. The fraction of sp³-hybridized carbons (Fsp3) is 0.500. The highest BCUT2D eigenvalue weighted by molar-refractivity contribution is 5.77. The molecule has 2 rings (SSSR count). The first-order valence-corrected chi connectivity index (χ1v) is 5.02. The summed E-state index contributed by atoms with van der Waals surface area (Å²) in [4.78, 5) is 34.0. The second-order valence-electron chi connectivity index (χ2n) is 4.21. The Labute approximate surface area is 90.5 Å². The average Bonchev–Trinajstić information content (AvgIpc) is 3.04. The van der Waals surface area contributed by atoms with E-state index in [9.17, 15) is 19.5 Å². The Kier molecular flexibility index (Phi) is 2.22. The number of rotatable bonds is 3. The molecule has 6 nitrogen and oxygen atoms in total. The van der Waals surface area contributed by atoms with E-state index in [1.807, 2.05) is 0 Å². The number of aliphatic carboxylic acids is 1. The van der Waals surface area contributed by atoms with Gasteiger partial charge in [0.25, 0.3) is 11.1 Å². The lowest BCUT2D eigenvalue weighted by Gasteiger charge is -2.26. The monoisotopic (exact) mass is 224 g/mol. The molecule has 0 spiro atoms. The Balaban J connectivity index is 2.64. The average molecular weight is 224 g/mol. The predicted octanol–water partition coefficient (Wildman–Crippen LogP) is -0.254. The summed E-state index contributed by atoms with van der Waals surface area (Å²) >= 11 is 0. The molecule has 1 aromatic rings. The molecular formula is C10H12N2O4. The number of nitrogens with zero attached hydrogens (tertiary/aromatic N) is 1. The largest absolute Gasteiger partial charge is 0.479 e. The van der Waals surface area contributed by atoms with Crippen LogP contribution in [0.5, 0.6) is 0 Å². The maximum Gasteiger partial charge on any atom is 0.331 e. The molecule has 1 fully saturated rings. The molecule has 0 aromatic carbocycles. The van der Waals surface area contributed by atoms with E-state index in [2.05, 4.69) is 5.10 Å². The zero-order chi connectivity index (χ0) is 11.9. The third-order valence-electron chi connectivity index (χ3n) is 3.09. The molecule has 1 aliphatic rings. The van der Waals surface area contributed by atoms with Crippen molar-refractivity contribution in [3.05, 3.63) is 32.8 Å². The van der Waals surface area contributed by atoms with Gasteiger partial charge in [-0.05, 0) is 25.7 Å². The standard InChI is InChI=1S/C10H12N2O4/c1-10(9(15)16,6-2-3-6)12-8(14)5-4-7(13)11-12/h4-6H,2-3H2,1H3,(H,11,13)(H,15,16). The fourth-order valence-electron chi connectivity index (χ4n) is 1.87. The van der Waals surface area contributed by atoms with Crippen molar-refractivity contribution in [1.29, 1.82) is 0 Å². The van der Waals surface area contributed by atoms with Crippen molar-refractivity contribution in [2.75, 3.05) is 0 Å². The van der Waals surface area contributed by atoms with Gasteiger partial charge in [0.2, 0.25) is 0 Å². The van der Waals surface area contributed by atoms with Crippen molar-refractivity contribution in [2.24, 2.45) is 5.92 Å². The highest BCUT2D eigenvalue weighted by Gasteiger charge is 2.50. The number of hydrogen-bond acceptors (Lipinski definition) is 3. The number of aromatic amines is 1. The maximum absolute atomic E-state index is 11.6. The lowest BCUT2D eigenvalue weighted by atomic mass is 9.96. The number of carbonyl (C=O) groups is 1. The minimum atomic E-state index is -1.35. The lowest BCUT2D eigenvalue weighted by Crippen LogP contribution is -2.49. The normalized spacial score (nSPS) is 19.1. The van der Waals surface area contributed by atoms with Gasteiger partial charge in [-0.2, -0.15) is 0 Å². The van der Waals surface area contributed by atoms with Crippen LogP contribution in [-0.2, 0) is 10.3 Å². The van der Waals surface area contributed by atoms with Gasteiger partial charge >= 0.3 is 5.97 Å². The number of nitrogens with one attached hydrogen (secondary N) is 1. The smallest absolute Gasteiger partial charge is 0.331 e. The van der Waals surface area contributed by atoms with E-state index in [4.69, 9.17) is 0 Å². The first-order valence-electron chi connectivity index (χ1n) is 5.02. The molecule has 1 aromatic heterocycles. The molecule has 1 atom stereocenters. The SMILES string of the molecule is CC(C(=O)O)(C1CC1)n1[nH]c(=O)ccc1=O. The summed E-state index contributed by atoms with van der Waals surface area (Å²) in [6, 6.07) is 2.18. The van der Waals surface area contributed by atoms with Crippen molar-refractivity contribution in [2.45, 2.75) is 25.3 Å². The van der Waals surface area contributed by atoms with Crippen molar-refractivity contribution in [3.63, 3.8) is 0 Å². The van der Waals surface area contributed by atoms with Crippen LogP contribution in [0.25, 0.3) is 0 Å². The van der Waals surface area contributed by atoms with Crippen LogP contribution in [0.15, 0.2) is 21.7 Å². The highest BCUT2D eigenvalue weighted by atomic mass is 16.4. The number of H-pyrrole nitrogens is 1. The predicted molar refractivity (Wildman–Crippen MR) is 55.3 cm³/mol. The number of aromatic nitrogens is 2. The van der Waals surface area contributed by atoms with Crippen LogP contribution < -0.4 is 11.1 Å². The van der Waals surface area contributed by atoms with Crippen LogP contribution in [0.4, 0.5) is 0 Å². The Bertz CT molecular complexity index is 540. The van der Waals surface area contributed by atoms with Gasteiger partial charge in [0, 0.05) is 12.1 Å². The molecule has 2 N–H and O–H groups in total. The van der Waals surface area contributed by atoms with Gasteiger partial charge in [-0.15, -0.1) is 0 Å². The molecular weight excluding hydrogens is 212 g/mol. The second kappa shape index (κ2) is 3.33. The van der Waals surface area contributed by atoms with E-state index in [1.165, 1.54) is 6.92 Å². The highest BCUT2D eigenvalue weighted by Crippen LogP contribution is 2.43. The van der Waals surface area contributed by atoms with E-state index < -0.39 is 22.6 Å². The number of carboxylic acids is 1. The van der Waals surface area contributed by atoms with Crippen molar-refractivity contribution < 1.29 is 9.90 Å². The summed E-state index contributed by atoms with van der Waals surface area (Å²) in [6.45, 7) is 1.46. The van der Waals surface area contributed by atoms with Crippen LogP contribution in [0.1, 0.15) is 19.8 Å². The third-order valence-corrected chi connectivity index (χ3v) is 3.09. The molecule has 0 saturated heterocycles. The van der Waals surface area contributed by atoms with Crippen LogP contribution in [0.3, 0.4) is 0 Å². The molecule has 16 heavy (non-hydrogen) atoms. The quantitative estimate of drug-likeness (QED) is 0.740. The van der Waals surface area contributed by atoms with E-state index in [0.717, 1.165) is 29.7 Å². The van der Waals surface area contributed by atoms with Crippen LogP contribution in [0, 0.1) is 5.92 Å². The molecule has 86 valence electrons. The molecule has 0 amide bonds.